The predicted molar refractivity (Wildman–Crippen MR) is 300 cm³/mol. The van der Waals surface area contributed by atoms with Gasteiger partial charge in [0.2, 0.25) is 65.0 Å². The number of nitrogens with zero attached hydrogens (tertiary/aromatic N) is 1. The number of ether oxygens (including phenoxy) is 1. The molecule has 2 unspecified atom stereocenters. The number of carbonyl (C=O) groups is 11. The number of hydrogen-bond donors (Lipinski definition) is 15. The van der Waals surface area contributed by atoms with Crippen molar-refractivity contribution in [1.29, 1.82) is 0 Å². The molecule has 83 heavy (non-hydrogen) atoms. The summed E-state index contributed by atoms with van der Waals surface area (Å²) in [5.41, 5.74) is 13.4. The largest absolute Gasteiger partial charge is 0.489 e. The number of primary amides is 1. The molecule has 12 atom stereocenters. The summed E-state index contributed by atoms with van der Waals surface area (Å²) in [6.07, 6.45) is -4.23. The van der Waals surface area contributed by atoms with Crippen molar-refractivity contribution in [1.82, 2.24) is 52.4 Å². The Bertz CT molecular complexity index is 2920. The van der Waals surface area contributed by atoms with Crippen LogP contribution in [0.5, 0.6) is 5.75 Å². The lowest BCUT2D eigenvalue weighted by atomic mass is 9.93. The maximum absolute atomic E-state index is 14.8. The van der Waals surface area contributed by atoms with Crippen molar-refractivity contribution < 1.29 is 72.8 Å². The highest BCUT2D eigenvalue weighted by molar-refractivity contribution is 7.99. The molecule has 1 aromatic heterocycles. The van der Waals surface area contributed by atoms with E-state index in [0.717, 1.165) is 16.7 Å². The molecule has 17 N–H and O–H groups in total. The topological polar surface area (TPSA) is 437 Å². The number of anilines is 1. The summed E-state index contributed by atoms with van der Waals surface area (Å²) < 4.78 is 6.24. The number of aliphatic hydroxyl groups is 3. The second kappa shape index (κ2) is 28.9. The van der Waals surface area contributed by atoms with Gasteiger partial charge in [0.1, 0.15) is 54.6 Å². The molecule has 1 fully saturated rings. The summed E-state index contributed by atoms with van der Waals surface area (Å²) in [4.78, 5) is 156. The van der Waals surface area contributed by atoms with Gasteiger partial charge in [-0.15, -0.1) is 11.8 Å². The molecule has 11 amide bonds. The van der Waals surface area contributed by atoms with E-state index in [0.29, 0.717) is 39.9 Å². The van der Waals surface area contributed by atoms with Crippen LogP contribution in [-0.2, 0) is 65.8 Å². The highest BCUT2D eigenvalue weighted by Crippen LogP contribution is 2.34. The fourth-order valence-corrected chi connectivity index (χ4v) is 10.5. The molecule has 0 saturated carbocycles. The molecule has 6 rings (SSSR count). The first-order valence-electron chi connectivity index (χ1n) is 27.3. The van der Waals surface area contributed by atoms with Gasteiger partial charge in [0.05, 0.1) is 49.4 Å². The van der Waals surface area contributed by atoms with Crippen molar-refractivity contribution in [3.63, 3.8) is 0 Å². The average Bonchev–Trinajstić information content (AvgIpc) is 3.42. The van der Waals surface area contributed by atoms with Gasteiger partial charge in [0.25, 0.3) is 0 Å². The molecule has 1 saturated heterocycles. The van der Waals surface area contributed by atoms with Crippen LogP contribution in [0, 0.1) is 17.8 Å². The Kier molecular flexibility index (Phi) is 22.4. The quantitative estimate of drug-likeness (QED) is 0.0698. The number of fused-ring (bicyclic) bond motifs is 5. The average molecular weight is 1180 g/mol. The van der Waals surface area contributed by atoms with E-state index in [4.69, 9.17) is 16.2 Å². The zero-order chi connectivity index (χ0) is 61.0. The van der Waals surface area contributed by atoms with Crippen LogP contribution in [0.2, 0.25) is 0 Å². The fourth-order valence-electron chi connectivity index (χ4n) is 9.41. The molecule has 0 radical (unpaired) electrons. The van der Waals surface area contributed by atoms with Gasteiger partial charge in [-0.25, -0.2) is 0 Å². The first-order valence-corrected chi connectivity index (χ1v) is 28.2. The van der Waals surface area contributed by atoms with Crippen LogP contribution in [-0.4, -0.2) is 183 Å². The first kappa shape index (κ1) is 64.3. The second-order valence-electron chi connectivity index (χ2n) is 21.4. The van der Waals surface area contributed by atoms with Crippen molar-refractivity contribution in [2.75, 3.05) is 37.3 Å². The summed E-state index contributed by atoms with van der Waals surface area (Å²) in [6.45, 7) is 7.06. The minimum Gasteiger partial charge on any atom is -0.489 e. The van der Waals surface area contributed by atoms with Crippen molar-refractivity contribution in [2.24, 2.45) is 29.2 Å². The van der Waals surface area contributed by atoms with Crippen molar-refractivity contribution in [2.45, 2.75) is 139 Å². The number of carbonyl (C=O) groups excluding carboxylic acids is 11. The molecular formula is C54H75N13O15S. The van der Waals surface area contributed by atoms with E-state index in [2.05, 4.69) is 52.8 Å². The van der Waals surface area contributed by atoms with E-state index in [1.165, 1.54) is 13.8 Å². The van der Waals surface area contributed by atoms with E-state index in [1.54, 1.807) is 70.2 Å². The van der Waals surface area contributed by atoms with Crippen LogP contribution in [0.3, 0.4) is 0 Å². The van der Waals surface area contributed by atoms with Crippen molar-refractivity contribution in [3.8, 4) is 5.75 Å². The Morgan fingerprint density at radius 1 is 0.807 bits per heavy atom. The fraction of sp³-hybridized carbons (Fsp3) is 0.537. The number of nitrogens with one attached hydrogen (secondary N) is 10. The molecular weight excluding hydrogens is 1100 g/mol. The van der Waals surface area contributed by atoms with E-state index in [9.17, 15) is 68.1 Å². The predicted octanol–water partition coefficient (Wildman–Crippen LogP) is -3.64. The maximum atomic E-state index is 14.8. The zero-order valence-corrected chi connectivity index (χ0v) is 47.7. The molecule has 3 aromatic rings. The monoisotopic (exact) mass is 1180 g/mol. The van der Waals surface area contributed by atoms with Crippen LogP contribution >= 0.6 is 11.8 Å². The Balaban J connectivity index is 1.43. The van der Waals surface area contributed by atoms with E-state index < -0.39 is 183 Å². The number of rotatable bonds is 15. The van der Waals surface area contributed by atoms with Gasteiger partial charge in [-0.2, -0.15) is 0 Å². The Morgan fingerprint density at radius 3 is 2.13 bits per heavy atom. The third-order valence-electron chi connectivity index (χ3n) is 14.8. The number of thioether (sulfide) groups is 1. The molecule has 4 heterocycles. The molecule has 2 aromatic carbocycles. The third kappa shape index (κ3) is 16.9. The Labute approximate surface area is 482 Å². The van der Waals surface area contributed by atoms with Crippen molar-refractivity contribution >= 4 is 93.3 Å². The minimum atomic E-state index is -1.78. The van der Waals surface area contributed by atoms with E-state index in [-0.39, 0.29) is 23.3 Å². The number of benzene rings is 2. The summed E-state index contributed by atoms with van der Waals surface area (Å²) >= 11 is 0.956. The molecule has 452 valence electrons. The highest BCUT2D eigenvalue weighted by atomic mass is 32.2. The number of aliphatic hydroxyl groups excluding tert-OH is 3. The first-order chi connectivity index (χ1) is 39.3. The smallest absolute Gasteiger partial charge is 0.246 e. The zero-order valence-electron chi connectivity index (χ0n) is 46.9. The van der Waals surface area contributed by atoms with E-state index >= 15 is 0 Å². The van der Waals surface area contributed by atoms with Crippen LogP contribution in [0.25, 0.3) is 10.9 Å². The van der Waals surface area contributed by atoms with Crippen LogP contribution in [0.1, 0.15) is 71.9 Å². The number of aromatic amines is 1. The van der Waals surface area contributed by atoms with Gasteiger partial charge >= 0.3 is 0 Å². The molecule has 0 spiro atoms. The number of aromatic nitrogens is 1. The SMILES string of the molecule is CC[C@H](C)[C@@H]1NC(=O)CNC(=O)C2Cc3c([nH]c4ccc(OCc5ccc(NC(=O)[C@H](C)NC(=O)[C@@H](N)C(C)C)cc5)cc34)SCC(NC(=O)CNC1=O)C(=O)N[C@@H](CC(N)=O)C(=O)N1C[C@H](O)C[C@H]1C(=O)N[C@@H]([C@@H](C)[C@@H](O)CO)C(=O)N2. The normalized spacial score (nSPS) is 24.4. The van der Waals surface area contributed by atoms with Crippen molar-refractivity contribution in [3.05, 3.63) is 53.6 Å². The molecule has 0 aliphatic carbocycles. The molecule has 2 bridgehead atoms. The summed E-state index contributed by atoms with van der Waals surface area (Å²) in [5.74, 6) is -11.6. The Morgan fingerprint density at radius 2 is 1.48 bits per heavy atom. The Hall–Kier alpha value is -7.86. The number of nitrogens with two attached hydrogens (primary N) is 2. The van der Waals surface area contributed by atoms with Gasteiger partial charge in [-0.1, -0.05) is 53.2 Å². The molecule has 3 aliphatic rings. The van der Waals surface area contributed by atoms with Crippen LogP contribution < -0.4 is 64.1 Å². The third-order valence-corrected chi connectivity index (χ3v) is 15.9. The maximum Gasteiger partial charge on any atom is 0.246 e. The van der Waals surface area contributed by atoms with Gasteiger partial charge < -0.3 is 89.3 Å². The summed E-state index contributed by atoms with van der Waals surface area (Å²) in [6, 6.07) is 0.392. The van der Waals surface area contributed by atoms with Gasteiger partial charge in [-0.3, -0.25) is 52.7 Å². The molecule has 3 aliphatic heterocycles. The van der Waals surface area contributed by atoms with Gasteiger partial charge in [0, 0.05) is 47.6 Å². The lowest BCUT2D eigenvalue weighted by molar-refractivity contribution is -0.144. The van der Waals surface area contributed by atoms with Crippen LogP contribution in [0.15, 0.2) is 47.5 Å². The summed E-state index contributed by atoms with van der Waals surface area (Å²) in [5, 5.41) is 55.7. The van der Waals surface area contributed by atoms with Gasteiger partial charge in [0.15, 0.2) is 0 Å². The number of hydrogen-bond acceptors (Lipinski definition) is 17. The van der Waals surface area contributed by atoms with Crippen LogP contribution in [0.4, 0.5) is 5.69 Å². The lowest BCUT2D eigenvalue weighted by Gasteiger charge is -2.32. The summed E-state index contributed by atoms with van der Waals surface area (Å²) in [7, 11) is 0. The van der Waals surface area contributed by atoms with Gasteiger partial charge in [-0.05, 0) is 60.2 Å². The minimum absolute atomic E-state index is 0.000443. The molecule has 28 nitrogen and oxygen atoms in total. The highest BCUT2D eigenvalue weighted by Gasteiger charge is 2.45. The lowest BCUT2D eigenvalue weighted by Crippen LogP contribution is -2.62. The standard InChI is InChI=1S/C54H75N13O15S/c1-7-25(4)44-51(79)58-18-41(72)61-37-23-83-53-33(32-15-31(12-13-34(32)64-53)82-22-28-8-10-29(11-9-28)60-46(74)27(6)59-50(78)43(56)24(2)3)16-35(47(75)57-19-42(73)65-44)62-52(80)45(26(5)39(70)21-68)66-49(77)38-14-30(69)20-67(38)54(81)36(17-40(55)71)63-48(37)76/h8-13,15,24-27,30,35-39,43-45,64,68-70H,7,14,16-23,56H2,1-6H3,(H2,55,71)(H,57,75)(H,58,79)(H,59,78)(H,60,74)(H,61,72)(H,62,80)(H,63,76)(H,65,73)(H,66,77)/t25-,26-,27-,30+,35?,36-,37?,38-,39-,43-,44-,45-/m0/s1. The molecule has 29 heteroatoms. The second-order valence-corrected chi connectivity index (χ2v) is 22.4. The number of H-pyrrole nitrogens is 1. The van der Waals surface area contributed by atoms with E-state index in [1.807, 2.05) is 0 Å². The number of amides is 11.